The molecule has 0 spiro atoms. The summed E-state index contributed by atoms with van der Waals surface area (Å²) in [5.41, 5.74) is 0.756. The third-order valence-corrected chi connectivity index (χ3v) is 3.65. The van der Waals surface area contributed by atoms with Crippen LogP contribution in [0.25, 0.3) is 0 Å². The van der Waals surface area contributed by atoms with Crippen molar-refractivity contribution in [3.63, 3.8) is 0 Å². The number of hydrogen-bond donors (Lipinski definition) is 2. The van der Waals surface area contributed by atoms with E-state index in [1.807, 2.05) is 36.4 Å². The highest BCUT2D eigenvalue weighted by atomic mass is 16.6. The Hall–Kier alpha value is -2.86. The molecule has 6 heteroatoms. The Bertz CT molecular complexity index is 740. The van der Waals surface area contributed by atoms with Crippen molar-refractivity contribution in [2.24, 2.45) is 0 Å². The predicted molar refractivity (Wildman–Crippen MR) is 101 cm³/mol. The standard InChI is InChI=1S/C21H25NO5/c1-21(2,3)27-20(25)22-17(16-12-8-5-9-13-16)18(19(23)24)26-14-15-10-6-4-7-11-15/h4-13,17-18H,14H2,1-3H3,(H,22,25)(H,23,24)/t17-,18+/m0/s1. The highest BCUT2D eigenvalue weighted by Gasteiger charge is 2.33. The van der Waals surface area contributed by atoms with Gasteiger partial charge in [0, 0.05) is 0 Å². The van der Waals surface area contributed by atoms with Gasteiger partial charge in [0.2, 0.25) is 0 Å². The Balaban J connectivity index is 2.22. The van der Waals surface area contributed by atoms with E-state index in [1.165, 1.54) is 0 Å². The summed E-state index contributed by atoms with van der Waals surface area (Å²) in [6.07, 6.45) is -1.98. The lowest BCUT2D eigenvalue weighted by atomic mass is 10.0. The lowest BCUT2D eigenvalue weighted by Crippen LogP contribution is -2.43. The number of carboxylic acid groups (broad SMARTS) is 1. The van der Waals surface area contributed by atoms with Gasteiger partial charge >= 0.3 is 12.1 Å². The van der Waals surface area contributed by atoms with Gasteiger partial charge in [0.15, 0.2) is 6.10 Å². The lowest BCUT2D eigenvalue weighted by Gasteiger charge is -2.27. The van der Waals surface area contributed by atoms with Gasteiger partial charge in [-0.1, -0.05) is 60.7 Å². The molecular formula is C21H25NO5. The van der Waals surface area contributed by atoms with Crippen LogP contribution in [0.3, 0.4) is 0 Å². The van der Waals surface area contributed by atoms with E-state index >= 15 is 0 Å². The summed E-state index contributed by atoms with van der Waals surface area (Å²) in [7, 11) is 0. The maximum Gasteiger partial charge on any atom is 0.408 e. The molecule has 2 atom stereocenters. The van der Waals surface area contributed by atoms with Gasteiger partial charge in [0.05, 0.1) is 12.6 Å². The van der Waals surface area contributed by atoms with Crippen molar-refractivity contribution < 1.29 is 24.2 Å². The number of ether oxygens (including phenoxy) is 2. The molecule has 2 aromatic carbocycles. The van der Waals surface area contributed by atoms with Gasteiger partial charge in [-0.3, -0.25) is 0 Å². The van der Waals surface area contributed by atoms with E-state index < -0.39 is 29.8 Å². The number of nitrogens with one attached hydrogen (secondary N) is 1. The molecule has 1 amide bonds. The number of carboxylic acids is 1. The summed E-state index contributed by atoms with van der Waals surface area (Å²) in [4.78, 5) is 24.1. The maximum atomic E-state index is 12.3. The lowest BCUT2D eigenvalue weighted by molar-refractivity contribution is -0.153. The second-order valence-corrected chi connectivity index (χ2v) is 7.09. The van der Waals surface area contributed by atoms with Gasteiger partial charge in [-0.2, -0.15) is 0 Å². The molecule has 0 aliphatic carbocycles. The van der Waals surface area contributed by atoms with Crippen molar-refractivity contribution in [2.45, 2.75) is 45.1 Å². The number of rotatable bonds is 7. The number of amides is 1. The number of carbonyl (C=O) groups is 2. The van der Waals surface area contributed by atoms with Crippen LogP contribution in [-0.4, -0.2) is 28.9 Å². The van der Waals surface area contributed by atoms with Gasteiger partial charge in [-0.15, -0.1) is 0 Å². The molecule has 144 valence electrons. The van der Waals surface area contributed by atoms with Gasteiger partial charge in [0.1, 0.15) is 5.60 Å². The fourth-order valence-electron chi connectivity index (χ4n) is 2.50. The van der Waals surface area contributed by atoms with Gasteiger partial charge in [0.25, 0.3) is 0 Å². The maximum absolute atomic E-state index is 12.3. The number of benzene rings is 2. The van der Waals surface area contributed by atoms with Crippen LogP contribution >= 0.6 is 0 Å². The molecule has 2 N–H and O–H groups in total. The molecule has 2 aromatic rings. The van der Waals surface area contributed by atoms with E-state index in [0.717, 1.165) is 5.56 Å². The molecule has 0 bridgehead atoms. The third-order valence-electron chi connectivity index (χ3n) is 3.65. The van der Waals surface area contributed by atoms with Gasteiger partial charge in [-0.25, -0.2) is 9.59 Å². The zero-order valence-electron chi connectivity index (χ0n) is 15.7. The number of aliphatic carboxylic acids is 1. The summed E-state index contributed by atoms with van der Waals surface area (Å²) >= 11 is 0. The average Bonchev–Trinajstić information content (AvgIpc) is 2.61. The predicted octanol–water partition coefficient (Wildman–Crippen LogP) is 3.92. The van der Waals surface area contributed by atoms with E-state index in [0.29, 0.717) is 5.56 Å². The van der Waals surface area contributed by atoms with Crippen molar-refractivity contribution in [1.82, 2.24) is 5.32 Å². The van der Waals surface area contributed by atoms with Crippen molar-refractivity contribution >= 4 is 12.1 Å². The molecule has 0 aromatic heterocycles. The molecular weight excluding hydrogens is 346 g/mol. The first-order chi connectivity index (χ1) is 12.8. The van der Waals surface area contributed by atoms with Crippen LogP contribution in [0, 0.1) is 0 Å². The molecule has 0 aliphatic rings. The van der Waals surface area contributed by atoms with E-state index in [1.54, 1.807) is 45.0 Å². The Morgan fingerprint density at radius 2 is 1.56 bits per heavy atom. The molecule has 0 radical (unpaired) electrons. The van der Waals surface area contributed by atoms with Crippen LogP contribution in [0.4, 0.5) is 4.79 Å². The summed E-state index contributed by atoms with van der Waals surface area (Å²) in [6, 6.07) is 17.2. The van der Waals surface area contributed by atoms with Crippen molar-refractivity contribution in [3.05, 3.63) is 71.8 Å². The first kappa shape index (κ1) is 20.5. The first-order valence-corrected chi connectivity index (χ1v) is 8.69. The van der Waals surface area contributed by atoms with Crippen molar-refractivity contribution in [3.8, 4) is 0 Å². The molecule has 2 rings (SSSR count). The zero-order chi connectivity index (χ0) is 19.9. The summed E-state index contributed by atoms with van der Waals surface area (Å²) in [5, 5.41) is 12.4. The number of alkyl carbamates (subject to hydrolysis) is 1. The van der Waals surface area contributed by atoms with Crippen molar-refractivity contribution in [1.29, 1.82) is 0 Å². The quantitative estimate of drug-likeness (QED) is 0.770. The second-order valence-electron chi connectivity index (χ2n) is 7.09. The fourth-order valence-corrected chi connectivity index (χ4v) is 2.50. The third kappa shape index (κ3) is 6.75. The van der Waals surface area contributed by atoms with Gasteiger partial charge < -0.3 is 19.9 Å². The summed E-state index contributed by atoms with van der Waals surface area (Å²) in [6.45, 7) is 5.33. The second kappa shape index (κ2) is 9.19. The zero-order valence-corrected chi connectivity index (χ0v) is 15.7. The SMILES string of the molecule is CC(C)(C)OC(=O)N[C@@H](c1ccccc1)[C@@H](OCc1ccccc1)C(=O)O. The molecule has 0 unspecified atom stereocenters. The highest BCUT2D eigenvalue weighted by molar-refractivity contribution is 5.76. The van der Waals surface area contributed by atoms with Crippen LogP contribution < -0.4 is 5.32 Å². The molecule has 0 aliphatic heterocycles. The number of carbonyl (C=O) groups excluding carboxylic acids is 1. The van der Waals surface area contributed by atoms with Crippen LogP contribution in [-0.2, 0) is 20.9 Å². The van der Waals surface area contributed by atoms with E-state index in [2.05, 4.69) is 5.32 Å². The minimum Gasteiger partial charge on any atom is -0.479 e. The Labute approximate surface area is 159 Å². The Morgan fingerprint density at radius 1 is 1.00 bits per heavy atom. The van der Waals surface area contributed by atoms with Crippen LogP contribution in [0.15, 0.2) is 60.7 Å². The number of hydrogen-bond acceptors (Lipinski definition) is 4. The van der Waals surface area contributed by atoms with Crippen LogP contribution in [0.1, 0.15) is 37.9 Å². The summed E-state index contributed by atoms with van der Waals surface area (Å²) in [5.74, 6) is -1.17. The Kier molecular flexibility index (Phi) is 6.96. The van der Waals surface area contributed by atoms with Gasteiger partial charge in [-0.05, 0) is 31.9 Å². The Morgan fingerprint density at radius 3 is 2.07 bits per heavy atom. The van der Waals surface area contributed by atoms with E-state index in [-0.39, 0.29) is 6.61 Å². The molecule has 0 heterocycles. The van der Waals surface area contributed by atoms with Crippen LogP contribution in [0.5, 0.6) is 0 Å². The molecule has 0 saturated heterocycles. The van der Waals surface area contributed by atoms with E-state index in [4.69, 9.17) is 9.47 Å². The minimum atomic E-state index is -1.28. The van der Waals surface area contributed by atoms with Crippen LogP contribution in [0.2, 0.25) is 0 Å². The summed E-state index contributed by atoms with van der Waals surface area (Å²) < 4.78 is 11.0. The minimum absolute atomic E-state index is 0.108. The smallest absolute Gasteiger partial charge is 0.408 e. The molecule has 0 fully saturated rings. The van der Waals surface area contributed by atoms with E-state index in [9.17, 15) is 14.7 Å². The normalized spacial score (nSPS) is 13.4. The largest absolute Gasteiger partial charge is 0.479 e. The molecule has 27 heavy (non-hydrogen) atoms. The highest BCUT2D eigenvalue weighted by Crippen LogP contribution is 2.22. The fraction of sp³-hybridized carbons (Fsp3) is 0.333. The average molecular weight is 371 g/mol. The molecule has 0 saturated carbocycles. The first-order valence-electron chi connectivity index (χ1n) is 8.69. The monoisotopic (exact) mass is 371 g/mol. The molecule has 6 nitrogen and oxygen atoms in total. The van der Waals surface area contributed by atoms with Crippen molar-refractivity contribution in [2.75, 3.05) is 0 Å². The topological polar surface area (TPSA) is 84.9 Å².